The predicted molar refractivity (Wildman–Crippen MR) is 84.4 cm³/mol. The molecule has 0 heterocycles. The number of anilines is 1. The first-order valence-electron chi connectivity index (χ1n) is 6.81. The van der Waals surface area contributed by atoms with E-state index >= 15 is 0 Å². The van der Waals surface area contributed by atoms with E-state index in [0.29, 0.717) is 18.5 Å². The highest BCUT2D eigenvalue weighted by atomic mass is 79.9. The smallest absolute Gasteiger partial charge is 0.319 e. The molecule has 0 unspecified atom stereocenters. The number of likely N-dealkylation sites (N-methyl/N-ethyl adjacent to an activating group) is 1. The van der Waals surface area contributed by atoms with E-state index in [1.165, 1.54) is 11.9 Å². The van der Waals surface area contributed by atoms with Crippen LogP contribution in [0.1, 0.15) is 18.4 Å². The monoisotopic (exact) mass is 368 g/mol. The fourth-order valence-electron chi connectivity index (χ4n) is 2.25. The SMILES string of the molecule is Cc1cc(Br)ccc1NC(=O)CN(C)C(=O)C1(C(=O)O)CC1. The van der Waals surface area contributed by atoms with Crippen molar-refractivity contribution in [3.05, 3.63) is 28.2 Å². The third kappa shape index (κ3) is 3.30. The van der Waals surface area contributed by atoms with E-state index < -0.39 is 17.3 Å². The first-order chi connectivity index (χ1) is 10.3. The molecule has 1 aliphatic carbocycles. The highest BCUT2D eigenvalue weighted by Gasteiger charge is 2.58. The summed E-state index contributed by atoms with van der Waals surface area (Å²) in [4.78, 5) is 36.4. The number of carboxylic acid groups (broad SMARTS) is 1. The third-order valence-electron chi connectivity index (χ3n) is 3.76. The second kappa shape index (κ2) is 6.08. The molecule has 2 amide bonds. The van der Waals surface area contributed by atoms with Crippen molar-refractivity contribution < 1.29 is 19.5 Å². The average Bonchev–Trinajstić information content (AvgIpc) is 3.22. The summed E-state index contributed by atoms with van der Waals surface area (Å²) >= 11 is 3.34. The zero-order valence-electron chi connectivity index (χ0n) is 12.4. The van der Waals surface area contributed by atoms with Crippen molar-refractivity contribution in [3.63, 3.8) is 0 Å². The first kappa shape index (κ1) is 16.5. The number of hydrogen-bond acceptors (Lipinski definition) is 3. The zero-order chi connectivity index (χ0) is 16.5. The summed E-state index contributed by atoms with van der Waals surface area (Å²) in [7, 11) is 1.44. The van der Waals surface area contributed by atoms with Gasteiger partial charge in [-0.2, -0.15) is 0 Å². The summed E-state index contributed by atoms with van der Waals surface area (Å²) < 4.78 is 0.910. The summed E-state index contributed by atoms with van der Waals surface area (Å²) in [6.45, 7) is 1.68. The zero-order valence-corrected chi connectivity index (χ0v) is 13.9. The molecule has 0 bridgehead atoms. The van der Waals surface area contributed by atoms with E-state index in [4.69, 9.17) is 5.11 Å². The van der Waals surface area contributed by atoms with Crippen LogP contribution in [0.2, 0.25) is 0 Å². The van der Waals surface area contributed by atoms with Crippen LogP contribution < -0.4 is 5.32 Å². The van der Waals surface area contributed by atoms with Crippen LogP contribution in [-0.4, -0.2) is 41.4 Å². The number of aliphatic carboxylic acids is 1. The van der Waals surface area contributed by atoms with Crippen LogP contribution in [-0.2, 0) is 14.4 Å². The second-order valence-corrected chi connectivity index (χ2v) is 6.47. The number of amides is 2. The molecule has 7 heteroatoms. The van der Waals surface area contributed by atoms with Crippen molar-refractivity contribution in [1.29, 1.82) is 0 Å². The van der Waals surface area contributed by atoms with Gasteiger partial charge in [0.1, 0.15) is 5.41 Å². The van der Waals surface area contributed by atoms with Crippen LogP contribution in [0.4, 0.5) is 5.69 Å². The quantitative estimate of drug-likeness (QED) is 0.778. The molecular formula is C15H17BrN2O4. The maximum atomic E-state index is 12.1. The van der Waals surface area contributed by atoms with Gasteiger partial charge in [-0.15, -0.1) is 0 Å². The van der Waals surface area contributed by atoms with E-state index in [0.717, 1.165) is 10.0 Å². The molecule has 1 aliphatic rings. The second-order valence-electron chi connectivity index (χ2n) is 5.56. The van der Waals surface area contributed by atoms with E-state index in [-0.39, 0.29) is 12.5 Å². The molecule has 0 atom stereocenters. The van der Waals surface area contributed by atoms with Gasteiger partial charge in [0.2, 0.25) is 11.8 Å². The normalized spacial score (nSPS) is 15.0. The van der Waals surface area contributed by atoms with E-state index in [2.05, 4.69) is 21.2 Å². The summed E-state index contributed by atoms with van der Waals surface area (Å²) in [6.07, 6.45) is 0.665. The number of aryl methyl sites for hydroxylation is 1. The number of benzene rings is 1. The molecule has 0 spiro atoms. The van der Waals surface area contributed by atoms with Crippen molar-refractivity contribution in [2.45, 2.75) is 19.8 Å². The van der Waals surface area contributed by atoms with Gasteiger partial charge >= 0.3 is 5.97 Å². The lowest BCUT2D eigenvalue weighted by Crippen LogP contribution is -2.42. The van der Waals surface area contributed by atoms with Gasteiger partial charge in [0.15, 0.2) is 0 Å². The van der Waals surface area contributed by atoms with Crippen LogP contribution in [0.25, 0.3) is 0 Å². The Hall–Kier alpha value is -1.89. The number of rotatable bonds is 5. The third-order valence-corrected chi connectivity index (χ3v) is 4.25. The number of carbonyl (C=O) groups is 3. The van der Waals surface area contributed by atoms with E-state index in [9.17, 15) is 14.4 Å². The van der Waals surface area contributed by atoms with Crippen molar-refractivity contribution in [2.75, 3.05) is 18.9 Å². The summed E-state index contributed by atoms with van der Waals surface area (Å²) in [6, 6.07) is 5.44. The summed E-state index contributed by atoms with van der Waals surface area (Å²) in [5, 5.41) is 11.8. The number of carboxylic acids is 1. The maximum absolute atomic E-state index is 12.1. The molecule has 22 heavy (non-hydrogen) atoms. The lowest BCUT2D eigenvalue weighted by atomic mass is 10.1. The fraction of sp³-hybridized carbons (Fsp3) is 0.400. The highest BCUT2D eigenvalue weighted by molar-refractivity contribution is 9.10. The number of halogens is 1. The molecule has 0 radical (unpaired) electrons. The van der Waals surface area contributed by atoms with Crippen LogP contribution in [0.3, 0.4) is 0 Å². The van der Waals surface area contributed by atoms with Gasteiger partial charge in [-0.3, -0.25) is 14.4 Å². The topological polar surface area (TPSA) is 86.7 Å². The molecule has 118 valence electrons. The highest BCUT2D eigenvalue weighted by Crippen LogP contribution is 2.47. The van der Waals surface area contributed by atoms with Gasteiger partial charge < -0.3 is 15.3 Å². The Morgan fingerprint density at radius 3 is 2.50 bits per heavy atom. The van der Waals surface area contributed by atoms with Crippen molar-refractivity contribution in [3.8, 4) is 0 Å². The Morgan fingerprint density at radius 1 is 1.36 bits per heavy atom. The molecule has 0 aromatic heterocycles. The Labute approximate surface area is 136 Å². The molecule has 6 nitrogen and oxygen atoms in total. The molecular weight excluding hydrogens is 352 g/mol. The molecule has 1 fully saturated rings. The molecule has 1 saturated carbocycles. The van der Waals surface area contributed by atoms with Crippen molar-refractivity contribution in [2.24, 2.45) is 5.41 Å². The molecule has 1 aromatic carbocycles. The standard InChI is InChI=1S/C15H17BrN2O4/c1-9-7-10(16)3-4-11(9)17-12(19)8-18(2)13(20)15(5-6-15)14(21)22/h3-4,7H,5-6,8H2,1-2H3,(H,17,19)(H,21,22). The Kier molecular flexibility index (Phi) is 4.55. The van der Waals surface area contributed by atoms with E-state index in [1.54, 1.807) is 12.1 Å². The average molecular weight is 369 g/mol. The largest absolute Gasteiger partial charge is 0.480 e. The van der Waals surface area contributed by atoms with Crippen molar-refractivity contribution >= 4 is 39.4 Å². The minimum Gasteiger partial charge on any atom is -0.480 e. The number of nitrogens with one attached hydrogen (secondary N) is 1. The van der Waals surface area contributed by atoms with E-state index in [1.807, 2.05) is 13.0 Å². The van der Waals surface area contributed by atoms with Crippen molar-refractivity contribution in [1.82, 2.24) is 4.90 Å². The lowest BCUT2D eigenvalue weighted by molar-refractivity contribution is -0.153. The minimum absolute atomic E-state index is 0.177. The summed E-state index contributed by atoms with van der Waals surface area (Å²) in [5.74, 6) is -1.99. The van der Waals surface area contributed by atoms with Crippen LogP contribution in [0, 0.1) is 12.3 Å². The molecule has 2 N–H and O–H groups in total. The fourth-order valence-corrected chi connectivity index (χ4v) is 2.73. The Balaban J connectivity index is 1.97. The van der Waals surface area contributed by atoms with Gasteiger partial charge in [0.25, 0.3) is 0 Å². The van der Waals surface area contributed by atoms with Gasteiger partial charge in [0, 0.05) is 17.2 Å². The first-order valence-corrected chi connectivity index (χ1v) is 7.60. The predicted octanol–water partition coefficient (Wildman–Crippen LogP) is 2.02. The van der Waals surface area contributed by atoms with Gasteiger partial charge in [-0.1, -0.05) is 15.9 Å². The van der Waals surface area contributed by atoms with Gasteiger partial charge in [-0.05, 0) is 43.5 Å². The molecule has 0 saturated heterocycles. The maximum Gasteiger partial charge on any atom is 0.319 e. The molecule has 0 aliphatic heterocycles. The Morgan fingerprint density at radius 2 is 2.00 bits per heavy atom. The lowest BCUT2D eigenvalue weighted by Gasteiger charge is -2.20. The van der Waals surface area contributed by atoms with Crippen LogP contribution in [0.5, 0.6) is 0 Å². The van der Waals surface area contributed by atoms with Gasteiger partial charge in [-0.25, -0.2) is 0 Å². The number of hydrogen-bond donors (Lipinski definition) is 2. The van der Waals surface area contributed by atoms with Crippen LogP contribution >= 0.6 is 15.9 Å². The Bertz CT molecular complexity index is 640. The van der Waals surface area contributed by atoms with Gasteiger partial charge in [0.05, 0.1) is 6.54 Å². The minimum atomic E-state index is -1.32. The summed E-state index contributed by atoms with van der Waals surface area (Å²) in [5.41, 5.74) is 0.233. The number of carbonyl (C=O) groups excluding carboxylic acids is 2. The molecule has 1 aromatic rings. The number of nitrogens with zero attached hydrogens (tertiary/aromatic N) is 1. The van der Waals surface area contributed by atoms with Crippen LogP contribution in [0.15, 0.2) is 22.7 Å². The molecule has 2 rings (SSSR count).